The monoisotopic (exact) mass is 461 g/mol. The van der Waals surface area contributed by atoms with E-state index < -0.39 is 16.6 Å². The molecule has 1 aliphatic carbocycles. The zero-order valence-electron chi connectivity index (χ0n) is 21.3. The summed E-state index contributed by atoms with van der Waals surface area (Å²) in [6, 6.07) is 10.4. The van der Waals surface area contributed by atoms with Crippen LogP contribution < -0.4 is 0 Å². The van der Waals surface area contributed by atoms with Gasteiger partial charge in [-0.05, 0) is 48.2 Å². The number of hydrogen-bond donors (Lipinski definition) is 0. The molecule has 6 heteroatoms. The molecule has 0 unspecified atom stereocenters. The summed E-state index contributed by atoms with van der Waals surface area (Å²) >= 11 is 0. The van der Waals surface area contributed by atoms with E-state index in [4.69, 9.17) is 8.85 Å². The van der Waals surface area contributed by atoms with Crippen LogP contribution in [0.3, 0.4) is 0 Å². The zero-order chi connectivity index (χ0) is 23.4. The van der Waals surface area contributed by atoms with Gasteiger partial charge in [-0.1, -0.05) is 71.9 Å². The molecule has 1 amide bonds. The lowest BCUT2D eigenvalue weighted by molar-refractivity contribution is -0.145. The molecule has 4 nitrogen and oxygen atoms in total. The van der Waals surface area contributed by atoms with Gasteiger partial charge in [0.05, 0.1) is 24.2 Å². The predicted molar refractivity (Wildman–Crippen MR) is 133 cm³/mol. The van der Waals surface area contributed by atoms with Crippen molar-refractivity contribution in [3.05, 3.63) is 35.9 Å². The first-order valence-electron chi connectivity index (χ1n) is 11.8. The molecule has 1 heterocycles. The number of piperidine rings is 1. The van der Waals surface area contributed by atoms with Gasteiger partial charge in [-0.3, -0.25) is 4.79 Å². The Labute approximate surface area is 192 Å². The Morgan fingerprint density at radius 3 is 1.84 bits per heavy atom. The fourth-order valence-electron chi connectivity index (χ4n) is 4.20. The highest BCUT2D eigenvalue weighted by atomic mass is 28.4. The largest absolute Gasteiger partial charge is 0.410 e. The molecule has 174 valence electrons. The minimum atomic E-state index is -2.03. The first-order chi connectivity index (χ1) is 14.1. The summed E-state index contributed by atoms with van der Waals surface area (Å²) in [5.74, 6) is 0.158. The van der Waals surface area contributed by atoms with E-state index in [9.17, 15) is 4.79 Å². The molecule has 1 aromatic carbocycles. The van der Waals surface area contributed by atoms with Crippen molar-refractivity contribution in [2.45, 2.75) is 109 Å². The molecule has 2 fully saturated rings. The van der Waals surface area contributed by atoms with Crippen molar-refractivity contribution in [2.24, 2.45) is 5.92 Å². The Kier molecular flexibility index (Phi) is 6.46. The van der Waals surface area contributed by atoms with E-state index in [1.165, 1.54) is 5.56 Å². The third-order valence-electron chi connectivity index (χ3n) is 8.27. The number of likely N-dealkylation sites (tertiary alicyclic amines) is 1. The molecule has 1 aliphatic heterocycles. The van der Waals surface area contributed by atoms with Gasteiger partial charge in [-0.25, -0.2) is 0 Å². The minimum absolute atomic E-state index is 0.0403. The van der Waals surface area contributed by atoms with Crippen molar-refractivity contribution in [1.82, 2.24) is 4.90 Å². The Morgan fingerprint density at radius 1 is 0.871 bits per heavy atom. The normalized spacial score (nSPS) is 27.3. The second kappa shape index (κ2) is 8.12. The van der Waals surface area contributed by atoms with Crippen LogP contribution in [0.25, 0.3) is 0 Å². The van der Waals surface area contributed by atoms with E-state index in [1.807, 2.05) is 18.2 Å². The Bertz CT molecular complexity index is 795. The fraction of sp³-hybridized carbons (Fsp3) is 0.720. The standard InChI is InChI=1S/C25H43NO3Si2/c1-24(2,3)30(7,8)28-21-19-16-20(22(21)29-31(9,10)25(4,5)6)26(23(19)27)17-18-14-12-11-13-15-18/h11-15,19-22H,16-17H2,1-10H3/t19-,20+,21+,22+/m1/s1. The maximum absolute atomic E-state index is 13.4. The van der Waals surface area contributed by atoms with Gasteiger partial charge in [0, 0.05) is 6.54 Å². The van der Waals surface area contributed by atoms with E-state index >= 15 is 0 Å². The molecule has 1 aromatic rings. The molecule has 0 radical (unpaired) electrons. The maximum atomic E-state index is 13.4. The molecular formula is C25H43NO3Si2. The van der Waals surface area contributed by atoms with Crippen LogP contribution in [0.1, 0.15) is 53.5 Å². The summed E-state index contributed by atoms with van der Waals surface area (Å²) in [4.78, 5) is 15.5. The number of benzene rings is 1. The van der Waals surface area contributed by atoms with Gasteiger partial charge in [0.25, 0.3) is 0 Å². The van der Waals surface area contributed by atoms with Gasteiger partial charge in [-0.15, -0.1) is 0 Å². The molecule has 1 saturated carbocycles. The van der Waals surface area contributed by atoms with Crippen LogP contribution in [0.4, 0.5) is 0 Å². The van der Waals surface area contributed by atoms with E-state index in [0.717, 1.165) is 6.42 Å². The molecule has 3 rings (SSSR count). The molecule has 31 heavy (non-hydrogen) atoms. The average Bonchev–Trinajstić information content (AvgIpc) is 3.10. The molecule has 2 bridgehead atoms. The van der Waals surface area contributed by atoms with Crippen LogP contribution in [-0.2, 0) is 20.2 Å². The summed E-state index contributed by atoms with van der Waals surface area (Å²) in [5.41, 5.74) is 1.18. The summed E-state index contributed by atoms with van der Waals surface area (Å²) in [6.07, 6.45) is 0.686. The lowest BCUT2D eigenvalue weighted by Crippen LogP contribution is -2.60. The zero-order valence-corrected chi connectivity index (χ0v) is 23.3. The SMILES string of the molecule is CC(C)(C)[Si](C)(C)O[C@@H]1[C@@H](O[Si](C)(C)C(C)(C)C)[C@@H]2C[C@H]1C(=O)N2Cc1ccccc1. The van der Waals surface area contributed by atoms with Crippen molar-refractivity contribution in [3.63, 3.8) is 0 Å². The smallest absolute Gasteiger partial charge is 0.229 e. The van der Waals surface area contributed by atoms with Crippen molar-refractivity contribution in [3.8, 4) is 0 Å². The lowest BCUT2D eigenvalue weighted by Gasteiger charge is -2.48. The summed E-state index contributed by atoms with van der Waals surface area (Å²) in [7, 11) is -4.05. The van der Waals surface area contributed by atoms with Crippen LogP contribution in [-0.4, -0.2) is 45.7 Å². The highest BCUT2D eigenvalue weighted by molar-refractivity contribution is 6.74. The predicted octanol–water partition coefficient (Wildman–Crippen LogP) is 6.20. The Balaban J connectivity index is 1.92. The van der Waals surface area contributed by atoms with Crippen LogP contribution in [0.15, 0.2) is 30.3 Å². The third-order valence-corrected chi connectivity index (χ3v) is 17.2. The van der Waals surface area contributed by atoms with Gasteiger partial charge in [0.2, 0.25) is 5.91 Å². The number of hydrogen-bond acceptors (Lipinski definition) is 3. The molecule has 0 aromatic heterocycles. The fourth-order valence-corrected chi connectivity index (χ4v) is 6.86. The number of rotatable bonds is 6. The molecule has 0 spiro atoms. The number of fused-ring (bicyclic) bond motifs is 2. The minimum Gasteiger partial charge on any atom is -0.410 e. The number of amides is 1. The van der Waals surface area contributed by atoms with Crippen LogP contribution in [0.2, 0.25) is 36.3 Å². The third kappa shape index (κ3) is 4.73. The van der Waals surface area contributed by atoms with Gasteiger partial charge < -0.3 is 13.8 Å². The molecule has 4 atom stereocenters. The Morgan fingerprint density at radius 2 is 1.35 bits per heavy atom. The summed E-state index contributed by atoms with van der Waals surface area (Å²) in [6.45, 7) is 23.5. The van der Waals surface area contributed by atoms with Crippen LogP contribution in [0.5, 0.6) is 0 Å². The first kappa shape index (κ1) is 24.7. The quantitative estimate of drug-likeness (QED) is 0.474. The summed E-state index contributed by atoms with van der Waals surface area (Å²) < 4.78 is 14.0. The summed E-state index contributed by atoms with van der Waals surface area (Å²) in [5, 5.41) is 0.216. The molecular weight excluding hydrogens is 418 g/mol. The van der Waals surface area contributed by atoms with Crippen molar-refractivity contribution in [2.75, 3.05) is 0 Å². The van der Waals surface area contributed by atoms with Gasteiger partial charge in [0.1, 0.15) is 0 Å². The van der Waals surface area contributed by atoms with E-state index in [2.05, 4.69) is 84.8 Å². The van der Waals surface area contributed by atoms with Gasteiger partial charge >= 0.3 is 0 Å². The Hall–Kier alpha value is -0.956. The lowest BCUT2D eigenvalue weighted by atomic mass is 10.0. The molecule has 2 aliphatic rings. The number of carbonyl (C=O) groups excluding carboxylic acids is 1. The van der Waals surface area contributed by atoms with Crippen LogP contribution in [0, 0.1) is 5.92 Å². The average molecular weight is 462 g/mol. The molecule has 0 N–H and O–H groups in total. The highest BCUT2D eigenvalue weighted by Crippen LogP contribution is 2.49. The van der Waals surface area contributed by atoms with Gasteiger partial charge in [-0.2, -0.15) is 0 Å². The number of carbonyl (C=O) groups is 1. The van der Waals surface area contributed by atoms with E-state index in [1.54, 1.807) is 0 Å². The van der Waals surface area contributed by atoms with Gasteiger partial charge in [0.15, 0.2) is 16.6 Å². The number of nitrogens with zero attached hydrogens (tertiary/aromatic N) is 1. The van der Waals surface area contributed by atoms with E-state index in [0.29, 0.717) is 6.54 Å². The second-order valence-electron chi connectivity index (χ2n) is 12.5. The van der Waals surface area contributed by atoms with Crippen molar-refractivity contribution < 1.29 is 13.6 Å². The van der Waals surface area contributed by atoms with E-state index in [-0.39, 0.29) is 40.2 Å². The topological polar surface area (TPSA) is 38.8 Å². The van der Waals surface area contributed by atoms with Crippen molar-refractivity contribution >= 4 is 22.5 Å². The molecule has 1 saturated heterocycles. The maximum Gasteiger partial charge on any atom is 0.229 e. The second-order valence-corrected chi connectivity index (χ2v) is 22.1. The first-order valence-corrected chi connectivity index (χ1v) is 17.6. The highest BCUT2D eigenvalue weighted by Gasteiger charge is 2.61. The van der Waals surface area contributed by atoms with Crippen molar-refractivity contribution in [1.29, 1.82) is 0 Å². The van der Waals surface area contributed by atoms with Crippen LogP contribution >= 0.6 is 0 Å².